The average molecular weight is 291 g/mol. The Morgan fingerprint density at radius 2 is 2.29 bits per heavy atom. The van der Waals surface area contributed by atoms with Crippen molar-refractivity contribution in [3.63, 3.8) is 0 Å². The summed E-state index contributed by atoms with van der Waals surface area (Å²) in [5.41, 5.74) is 4.35. The summed E-state index contributed by atoms with van der Waals surface area (Å²) < 4.78 is 5.31. The van der Waals surface area contributed by atoms with Gasteiger partial charge < -0.3 is 10.1 Å². The largest absolute Gasteiger partial charge is 0.412 e. The molecule has 0 aromatic heterocycles. The van der Waals surface area contributed by atoms with Crippen LogP contribution in [0.25, 0.3) is 0 Å². The Kier molecular flexibility index (Phi) is 6.02. The minimum absolute atomic E-state index is 0.392. The van der Waals surface area contributed by atoms with Gasteiger partial charge in [0.15, 0.2) is 0 Å². The van der Waals surface area contributed by atoms with E-state index in [2.05, 4.69) is 35.7 Å². The molecule has 21 heavy (non-hydrogen) atoms. The van der Waals surface area contributed by atoms with Gasteiger partial charge in [-0.1, -0.05) is 26.0 Å². The number of hydrogen-bond acceptors (Lipinski definition) is 4. The normalized spacial score (nSPS) is 14.8. The number of hydrazine groups is 1. The van der Waals surface area contributed by atoms with Crippen LogP contribution >= 0.6 is 0 Å². The number of amides is 1. The Morgan fingerprint density at radius 1 is 1.48 bits per heavy atom. The molecule has 0 spiro atoms. The van der Waals surface area contributed by atoms with Gasteiger partial charge in [0.2, 0.25) is 0 Å². The highest BCUT2D eigenvalue weighted by molar-refractivity contribution is 5.70. The number of carbonyl (C=O) groups is 1. The molecule has 1 aliphatic rings. The van der Waals surface area contributed by atoms with Crippen LogP contribution in [-0.2, 0) is 6.42 Å². The number of ether oxygens (including phenoxy) is 1. The number of nitrogens with one attached hydrogen (secondary N) is 2. The highest BCUT2D eigenvalue weighted by Gasteiger charge is 2.12. The van der Waals surface area contributed by atoms with Gasteiger partial charge >= 0.3 is 6.09 Å². The van der Waals surface area contributed by atoms with Gasteiger partial charge in [0.1, 0.15) is 5.75 Å². The van der Waals surface area contributed by atoms with Gasteiger partial charge in [-0.3, -0.25) is 5.43 Å². The molecular weight excluding hydrogens is 266 g/mol. The van der Waals surface area contributed by atoms with E-state index in [1.54, 1.807) is 0 Å². The van der Waals surface area contributed by atoms with E-state index < -0.39 is 6.09 Å². The summed E-state index contributed by atoms with van der Waals surface area (Å²) in [5, 5.41) is 4.82. The van der Waals surface area contributed by atoms with Crippen molar-refractivity contribution in [2.45, 2.75) is 26.7 Å². The number of hydrogen-bond donors (Lipinski definition) is 2. The molecule has 1 saturated heterocycles. The predicted octanol–water partition coefficient (Wildman–Crippen LogP) is 2.18. The van der Waals surface area contributed by atoms with E-state index in [9.17, 15) is 4.79 Å². The minimum Gasteiger partial charge on any atom is -0.410 e. The topological polar surface area (TPSA) is 53.6 Å². The average Bonchev–Trinajstić information content (AvgIpc) is 2.40. The van der Waals surface area contributed by atoms with Crippen LogP contribution in [0.15, 0.2) is 24.3 Å². The van der Waals surface area contributed by atoms with Gasteiger partial charge in [-0.15, -0.1) is 0 Å². The van der Waals surface area contributed by atoms with Crippen molar-refractivity contribution in [2.24, 2.45) is 5.92 Å². The Bertz CT molecular complexity index is 459. The molecule has 116 valence electrons. The summed E-state index contributed by atoms with van der Waals surface area (Å²) in [5.74, 6) is 1.28. The Hall–Kier alpha value is -1.59. The predicted molar refractivity (Wildman–Crippen MR) is 83.2 cm³/mol. The molecule has 1 aromatic rings. The van der Waals surface area contributed by atoms with Crippen molar-refractivity contribution in [1.29, 1.82) is 0 Å². The van der Waals surface area contributed by atoms with Crippen LogP contribution in [0, 0.1) is 5.92 Å². The van der Waals surface area contributed by atoms with E-state index in [1.165, 1.54) is 5.56 Å². The van der Waals surface area contributed by atoms with E-state index in [1.807, 2.05) is 18.2 Å². The maximum absolute atomic E-state index is 11.7. The minimum atomic E-state index is -0.392. The molecule has 0 radical (unpaired) electrons. The number of rotatable bonds is 7. The number of benzene rings is 1. The van der Waals surface area contributed by atoms with E-state index in [-0.39, 0.29) is 0 Å². The van der Waals surface area contributed by atoms with Crippen molar-refractivity contribution in [1.82, 2.24) is 15.8 Å². The fourth-order valence-electron chi connectivity index (χ4n) is 2.12. The fraction of sp³-hybridized carbons (Fsp3) is 0.562. The smallest absolute Gasteiger partial charge is 0.410 e. The van der Waals surface area contributed by atoms with E-state index in [0.717, 1.165) is 32.5 Å². The lowest BCUT2D eigenvalue weighted by Crippen LogP contribution is -2.55. The first-order valence-corrected chi connectivity index (χ1v) is 7.66. The zero-order valence-corrected chi connectivity index (χ0v) is 12.9. The second-order valence-electron chi connectivity index (χ2n) is 5.79. The molecule has 0 atom stereocenters. The molecule has 1 aromatic carbocycles. The molecule has 0 saturated carbocycles. The first-order chi connectivity index (χ1) is 10.1. The monoisotopic (exact) mass is 291 g/mol. The summed E-state index contributed by atoms with van der Waals surface area (Å²) in [6.45, 7) is 7.85. The number of nitrogens with zero attached hydrogens (tertiary/aromatic N) is 1. The van der Waals surface area contributed by atoms with Crippen molar-refractivity contribution >= 4 is 6.09 Å². The van der Waals surface area contributed by atoms with Gasteiger partial charge in [-0.25, -0.2) is 9.80 Å². The van der Waals surface area contributed by atoms with Crippen LogP contribution in [0.1, 0.15) is 25.8 Å². The lowest BCUT2D eigenvalue weighted by molar-refractivity contribution is 0.103. The lowest BCUT2D eigenvalue weighted by atomic mass is 10.0. The second kappa shape index (κ2) is 8.00. The Morgan fingerprint density at radius 3 is 2.95 bits per heavy atom. The first kappa shape index (κ1) is 15.8. The van der Waals surface area contributed by atoms with E-state index in [4.69, 9.17) is 4.74 Å². The molecule has 5 nitrogen and oxygen atoms in total. The van der Waals surface area contributed by atoms with Crippen LogP contribution in [0.2, 0.25) is 0 Å². The molecule has 2 rings (SSSR count). The fourth-order valence-corrected chi connectivity index (χ4v) is 2.12. The van der Waals surface area contributed by atoms with Crippen molar-refractivity contribution in [3.8, 4) is 5.75 Å². The summed E-state index contributed by atoms with van der Waals surface area (Å²) in [6, 6.07) is 7.76. The highest BCUT2D eigenvalue weighted by atomic mass is 16.6. The maximum atomic E-state index is 11.7. The zero-order chi connectivity index (χ0) is 15.1. The molecule has 2 N–H and O–H groups in total. The van der Waals surface area contributed by atoms with Crippen LogP contribution in [0.5, 0.6) is 5.75 Å². The first-order valence-electron chi connectivity index (χ1n) is 7.66. The van der Waals surface area contributed by atoms with Gasteiger partial charge in [0.25, 0.3) is 0 Å². The van der Waals surface area contributed by atoms with Gasteiger partial charge in [0.05, 0.1) is 0 Å². The van der Waals surface area contributed by atoms with Crippen LogP contribution in [0.4, 0.5) is 4.79 Å². The number of carbonyl (C=O) groups excluding carboxylic acids is 1. The van der Waals surface area contributed by atoms with Gasteiger partial charge in [-0.05, 0) is 36.5 Å². The maximum Gasteiger partial charge on any atom is 0.412 e. The van der Waals surface area contributed by atoms with Crippen LogP contribution in [-0.4, -0.2) is 37.3 Å². The Balaban J connectivity index is 1.72. The van der Waals surface area contributed by atoms with E-state index >= 15 is 0 Å². The SMILES string of the molecule is CC(C)CCc1cccc(OC(=O)NCCN2CCN2)c1. The van der Waals surface area contributed by atoms with Crippen molar-refractivity contribution < 1.29 is 9.53 Å². The van der Waals surface area contributed by atoms with Crippen LogP contribution in [0.3, 0.4) is 0 Å². The van der Waals surface area contributed by atoms with Crippen LogP contribution < -0.4 is 15.5 Å². The lowest BCUT2D eigenvalue weighted by Gasteiger charge is -2.31. The third-order valence-corrected chi connectivity index (χ3v) is 3.49. The standard InChI is InChI=1S/C16H25N3O2/c1-13(2)6-7-14-4-3-5-15(12-14)21-16(20)17-8-10-19-11-9-18-19/h3-5,12-13,18H,6-11H2,1-2H3,(H,17,20). The van der Waals surface area contributed by atoms with Crippen molar-refractivity contribution in [3.05, 3.63) is 29.8 Å². The second-order valence-corrected chi connectivity index (χ2v) is 5.79. The molecule has 5 heteroatoms. The summed E-state index contributed by atoms with van der Waals surface area (Å²) in [7, 11) is 0. The highest BCUT2D eigenvalue weighted by Crippen LogP contribution is 2.16. The third kappa shape index (κ3) is 5.73. The molecule has 1 amide bonds. The molecule has 0 aliphatic carbocycles. The summed E-state index contributed by atoms with van der Waals surface area (Å²) >= 11 is 0. The van der Waals surface area contributed by atoms with Gasteiger partial charge in [-0.2, -0.15) is 0 Å². The molecule has 0 bridgehead atoms. The number of aryl methyl sites for hydroxylation is 1. The molecule has 1 heterocycles. The summed E-state index contributed by atoms with van der Waals surface area (Å²) in [6.07, 6.45) is 1.76. The molecular formula is C16H25N3O2. The zero-order valence-electron chi connectivity index (χ0n) is 12.9. The summed E-state index contributed by atoms with van der Waals surface area (Å²) in [4.78, 5) is 11.7. The van der Waals surface area contributed by atoms with Gasteiger partial charge in [0, 0.05) is 26.2 Å². The molecule has 0 unspecified atom stereocenters. The molecule has 1 aliphatic heterocycles. The third-order valence-electron chi connectivity index (χ3n) is 3.49. The quantitative estimate of drug-likeness (QED) is 0.808. The Labute approximate surface area is 126 Å². The van der Waals surface area contributed by atoms with Crippen molar-refractivity contribution in [2.75, 3.05) is 26.2 Å². The molecule has 1 fully saturated rings. The van der Waals surface area contributed by atoms with E-state index in [0.29, 0.717) is 18.2 Å².